The first-order valence-corrected chi connectivity index (χ1v) is 12.4. The Hall–Kier alpha value is -1.77. The standard InChI is InChI=1S/C27H43N3/c1-4-5-6-7-10-13-16-24-18-19-26(28-20-24)27-29-21-25(22-30-27)17-14-11-8-9-12-15-23(2)3/h18-23H,4-17H2,1-3H3. The SMILES string of the molecule is CCCCCCCCc1ccc(-c2ncc(CCCCCCCC(C)C)cn2)nc1. The molecule has 0 amide bonds. The molecular weight excluding hydrogens is 366 g/mol. The fourth-order valence-corrected chi connectivity index (χ4v) is 3.84. The normalized spacial score (nSPS) is 11.3. The Morgan fingerprint density at radius 2 is 1.20 bits per heavy atom. The van der Waals surface area contributed by atoms with Crippen molar-refractivity contribution in [3.05, 3.63) is 41.9 Å². The van der Waals surface area contributed by atoms with Gasteiger partial charge < -0.3 is 0 Å². The van der Waals surface area contributed by atoms with E-state index in [1.165, 1.54) is 88.2 Å². The van der Waals surface area contributed by atoms with Gasteiger partial charge in [-0.05, 0) is 48.8 Å². The van der Waals surface area contributed by atoms with Crippen LogP contribution in [0.3, 0.4) is 0 Å². The highest BCUT2D eigenvalue weighted by molar-refractivity contribution is 5.48. The maximum Gasteiger partial charge on any atom is 0.178 e. The average molecular weight is 410 g/mol. The first kappa shape index (κ1) is 24.5. The topological polar surface area (TPSA) is 38.7 Å². The third-order valence-corrected chi connectivity index (χ3v) is 5.83. The molecule has 2 aromatic heterocycles. The van der Waals surface area contributed by atoms with Gasteiger partial charge in [0.25, 0.3) is 0 Å². The minimum absolute atomic E-state index is 0.735. The molecule has 30 heavy (non-hydrogen) atoms. The molecule has 0 aliphatic heterocycles. The van der Waals surface area contributed by atoms with Gasteiger partial charge >= 0.3 is 0 Å². The summed E-state index contributed by atoms with van der Waals surface area (Å²) in [4.78, 5) is 13.7. The number of hydrogen-bond acceptors (Lipinski definition) is 3. The highest BCUT2D eigenvalue weighted by Gasteiger charge is 2.04. The first-order valence-electron chi connectivity index (χ1n) is 12.4. The summed E-state index contributed by atoms with van der Waals surface area (Å²) in [5, 5.41) is 0. The van der Waals surface area contributed by atoms with E-state index in [4.69, 9.17) is 0 Å². The second kappa shape index (κ2) is 15.1. The molecule has 0 radical (unpaired) electrons. The minimum atomic E-state index is 0.735. The molecule has 0 bridgehead atoms. The van der Waals surface area contributed by atoms with Crippen LogP contribution < -0.4 is 0 Å². The number of aryl methyl sites for hydroxylation is 2. The maximum atomic E-state index is 4.60. The number of aromatic nitrogens is 3. The molecule has 0 fully saturated rings. The van der Waals surface area contributed by atoms with Gasteiger partial charge in [0, 0.05) is 18.6 Å². The molecule has 0 spiro atoms. The van der Waals surface area contributed by atoms with Gasteiger partial charge in [-0.2, -0.15) is 0 Å². The fourth-order valence-electron chi connectivity index (χ4n) is 3.84. The molecule has 2 rings (SSSR count). The molecule has 0 saturated carbocycles. The number of rotatable bonds is 16. The van der Waals surface area contributed by atoms with Gasteiger partial charge in [0.15, 0.2) is 5.82 Å². The molecule has 3 heteroatoms. The summed E-state index contributed by atoms with van der Waals surface area (Å²) in [7, 11) is 0. The summed E-state index contributed by atoms with van der Waals surface area (Å²) in [5.74, 6) is 1.57. The Bertz CT molecular complexity index is 662. The van der Waals surface area contributed by atoms with Crippen LogP contribution in [0.15, 0.2) is 30.7 Å². The largest absolute Gasteiger partial charge is 0.253 e. The quantitative estimate of drug-likeness (QED) is 0.264. The molecule has 0 N–H and O–H groups in total. The van der Waals surface area contributed by atoms with Gasteiger partial charge in [0.1, 0.15) is 5.69 Å². The van der Waals surface area contributed by atoms with Crippen molar-refractivity contribution in [1.82, 2.24) is 15.0 Å². The second-order valence-electron chi connectivity index (χ2n) is 9.18. The Labute approximate surface area is 185 Å². The molecule has 0 aliphatic rings. The zero-order chi connectivity index (χ0) is 21.4. The zero-order valence-electron chi connectivity index (χ0n) is 19.7. The third kappa shape index (κ3) is 10.3. The predicted molar refractivity (Wildman–Crippen MR) is 129 cm³/mol. The van der Waals surface area contributed by atoms with Crippen LogP contribution in [0.1, 0.15) is 109 Å². The van der Waals surface area contributed by atoms with Crippen LogP contribution in [0, 0.1) is 5.92 Å². The van der Waals surface area contributed by atoms with Gasteiger partial charge in [0.05, 0.1) is 0 Å². The lowest BCUT2D eigenvalue weighted by molar-refractivity contribution is 0.515. The van der Waals surface area contributed by atoms with Crippen molar-refractivity contribution in [2.45, 2.75) is 111 Å². The summed E-state index contributed by atoms with van der Waals surface area (Å²) in [6, 6.07) is 4.25. The molecule has 2 heterocycles. The number of unbranched alkanes of at least 4 members (excludes halogenated alkanes) is 9. The molecule has 2 aromatic rings. The Kier molecular flexibility index (Phi) is 12.3. The average Bonchev–Trinajstić information content (AvgIpc) is 2.76. The second-order valence-corrected chi connectivity index (χ2v) is 9.18. The first-order chi connectivity index (χ1) is 14.7. The van der Waals surface area contributed by atoms with Gasteiger partial charge in [-0.3, -0.25) is 4.98 Å². The number of nitrogens with zero attached hydrogens (tertiary/aromatic N) is 3. The highest BCUT2D eigenvalue weighted by Crippen LogP contribution is 2.16. The van der Waals surface area contributed by atoms with Crippen molar-refractivity contribution < 1.29 is 0 Å². The summed E-state index contributed by atoms with van der Waals surface area (Å²) in [6.07, 6.45) is 24.1. The Morgan fingerprint density at radius 3 is 1.80 bits per heavy atom. The lowest BCUT2D eigenvalue weighted by Gasteiger charge is -2.05. The van der Waals surface area contributed by atoms with Crippen molar-refractivity contribution >= 4 is 0 Å². The van der Waals surface area contributed by atoms with Crippen LogP contribution in [-0.2, 0) is 12.8 Å². The van der Waals surface area contributed by atoms with E-state index in [0.717, 1.165) is 30.3 Å². The van der Waals surface area contributed by atoms with Crippen molar-refractivity contribution in [1.29, 1.82) is 0 Å². The Morgan fingerprint density at radius 1 is 0.633 bits per heavy atom. The zero-order valence-corrected chi connectivity index (χ0v) is 19.7. The monoisotopic (exact) mass is 409 g/mol. The van der Waals surface area contributed by atoms with E-state index >= 15 is 0 Å². The van der Waals surface area contributed by atoms with Crippen molar-refractivity contribution in [3.8, 4) is 11.5 Å². The molecule has 0 atom stereocenters. The van der Waals surface area contributed by atoms with E-state index in [2.05, 4.69) is 47.9 Å². The summed E-state index contributed by atoms with van der Waals surface area (Å²) < 4.78 is 0. The molecule has 0 saturated heterocycles. The lowest BCUT2D eigenvalue weighted by Crippen LogP contribution is -1.96. The van der Waals surface area contributed by atoms with E-state index in [1.54, 1.807) is 0 Å². The van der Waals surface area contributed by atoms with E-state index in [1.807, 2.05) is 18.6 Å². The van der Waals surface area contributed by atoms with Crippen LogP contribution in [0.5, 0.6) is 0 Å². The summed E-state index contributed by atoms with van der Waals surface area (Å²) in [6.45, 7) is 6.88. The molecular formula is C27H43N3. The van der Waals surface area contributed by atoms with Crippen LogP contribution in [0.4, 0.5) is 0 Å². The van der Waals surface area contributed by atoms with Crippen LogP contribution in [0.2, 0.25) is 0 Å². The minimum Gasteiger partial charge on any atom is -0.253 e. The molecule has 0 aliphatic carbocycles. The molecule has 3 nitrogen and oxygen atoms in total. The maximum absolute atomic E-state index is 4.60. The van der Waals surface area contributed by atoms with Crippen LogP contribution in [-0.4, -0.2) is 15.0 Å². The van der Waals surface area contributed by atoms with E-state index in [0.29, 0.717) is 0 Å². The third-order valence-electron chi connectivity index (χ3n) is 5.83. The van der Waals surface area contributed by atoms with Gasteiger partial charge in [0.2, 0.25) is 0 Å². The van der Waals surface area contributed by atoms with Crippen molar-refractivity contribution in [2.24, 2.45) is 5.92 Å². The summed E-state index contributed by atoms with van der Waals surface area (Å²) >= 11 is 0. The summed E-state index contributed by atoms with van der Waals surface area (Å²) in [5.41, 5.74) is 3.43. The smallest absolute Gasteiger partial charge is 0.178 e. The molecule has 166 valence electrons. The lowest BCUT2D eigenvalue weighted by atomic mass is 10.0. The fraction of sp³-hybridized carbons (Fsp3) is 0.667. The molecule has 0 unspecified atom stereocenters. The van der Waals surface area contributed by atoms with Crippen LogP contribution in [0.25, 0.3) is 11.5 Å². The van der Waals surface area contributed by atoms with Crippen LogP contribution >= 0.6 is 0 Å². The van der Waals surface area contributed by atoms with Gasteiger partial charge in [-0.25, -0.2) is 9.97 Å². The van der Waals surface area contributed by atoms with E-state index in [-0.39, 0.29) is 0 Å². The van der Waals surface area contributed by atoms with Gasteiger partial charge in [-0.1, -0.05) is 91.0 Å². The van der Waals surface area contributed by atoms with Gasteiger partial charge in [-0.15, -0.1) is 0 Å². The predicted octanol–water partition coefficient (Wildman–Crippen LogP) is 7.98. The number of pyridine rings is 1. The van der Waals surface area contributed by atoms with E-state index < -0.39 is 0 Å². The Balaban J connectivity index is 1.66. The van der Waals surface area contributed by atoms with Crippen molar-refractivity contribution in [3.63, 3.8) is 0 Å². The van der Waals surface area contributed by atoms with E-state index in [9.17, 15) is 0 Å². The number of hydrogen-bond donors (Lipinski definition) is 0. The highest BCUT2D eigenvalue weighted by atomic mass is 14.9. The molecule has 0 aromatic carbocycles. The van der Waals surface area contributed by atoms with Crippen molar-refractivity contribution in [2.75, 3.05) is 0 Å².